The van der Waals surface area contributed by atoms with Crippen molar-refractivity contribution < 1.29 is 9.53 Å². The summed E-state index contributed by atoms with van der Waals surface area (Å²) in [4.78, 5) is 22.4. The van der Waals surface area contributed by atoms with Crippen molar-refractivity contribution in [1.82, 2.24) is 9.97 Å². The van der Waals surface area contributed by atoms with Gasteiger partial charge in [0.1, 0.15) is 11.4 Å². The third-order valence-electron chi connectivity index (χ3n) is 3.87. The first kappa shape index (κ1) is 17.4. The number of ether oxygens (including phenoxy) is 1. The van der Waals surface area contributed by atoms with Gasteiger partial charge in [-0.3, -0.25) is 4.79 Å². The Morgan fingerprint density at radius 3 is 2.38 bits per heavy atom. The predicted molar refractivity (Wildman–Crippen MR) is 102 cm³/mol. The molecule has 2 aromatic carbocycles. The molecule has 3 rings (SSSR count). The molecule has 1 heterocycles. The van der Waals surface area contributed by atoms with Crippen molar-refractivity contribution in [3.05, 3.63) is 66.4 Å². The van der Waals surface area contributed by atoms with Gasteiger partial charge >= 0.3 is 0 Å². The van der Waals surface area contributed by atoms with E-state index in [1.165, 1.54) is 0 Å². The van der Waals surface area contributed by atoms with E-state index in [1.807, 2.05) is 68.6 Å². The molecule has 26 heavy (non-hydrogen) atoms. The lowest BCUT2D eigenvalue weighted by Gasteiger charge is -2.19. The van der Waals surface area contributed by atoms with Crippen molar-refractivity contribution in [3.63, 3.8) is 0 Å². The molecule has 0 spiro atoms. The van der Waals surface area contributed by atoms with Gasteiger partial charge in [0.2, 0.25) is 5.95 Å². The van der Waals surface area contributed by atoms with Crippen LogP contribution in [0.5, 0.6) is 5.75 Å². The molecule has 132 valence electrons. The average molecular weight is 348 g/mol. The molecule has 0 aliphatic carbocycles. The van der Waals surface area contributed by atoms with Crippen LogP contribution in [0, 0.1) is 0 Å². The maximum Gasteiger partial charge on any atom is 0.267 e. The molecule has 1 amide bonds. The summed E-state index contributed by atoms with van der Waals surface area (Å²) in [6.45, 7) is 2.55. The zero-order chi connectivity index (χ0) is 18.5. The summed E-state index contributed by atoms with van der Waals surface area (Å²) in [5, 5.41) is 0. The van der Waals surface area contributed by atoms with Crippen LogP contribution in [0.15, 0.2) is 60.7 Å². The van der Waals surface area contributed by atoms with Gasteiger partial charge in [-0.2, -0.15) is 0 Å². The van der Waals surface area contributed by atoms with Gasteiger partial charge in [0.15, 0.2) is 0 Å². The first-order valence-corrected chi connectivity index (χ1v) is 8.29. The summed E-state index contributed by atoms with van der Waals surface area (Å²) < 4.78 is 5.46. The molecule has 0 saturated carbocycles. The molecular weight excluding hydrogens is 328 g/mol. The molecule has 6 nitrogen and oxygen atoms in total. The van der Waals surface area contributed by atoms with Gasteiger partial charge in [-0.15, -0.1) is 0 Å². The molecule has 0 unspecified atom stereocenters. The lowest BCUT2D eigenvalue weighted by molar-refractivity contribution is 0.0995. The molecule has 0 saturated heterocycles. The molecule has 0 atom stereocenters. The summed E-state index contributed by atoms with van der Waals surface area (Å²) in [5.41, 5.74) is 8.03. The second-order valence-electron chi connectivity index (χ2n) is 5.65. The van der Waals surface area contributed by atoms with E-state index in [-0.39, 0.29) is 5.69 Å². The minimum absolute atomic E-state index is 0.173. The summed E-state index contributed by atoms with van der Waals surface area (Å²) in [6, 6.07) is 18.8. The molecule has 0 radical (unpaired) electrons. The van der Waals surface area contributed by atoms with Gasteiger partial charge in [-0.1, -0.05) is 30.3 Å². The predicted octanol–water partition coefficient (Wildman–Crippen LogP) is 3.41. The highest BCUT2D eigenvalue weighted by atomic mass is 16.5. The fraction of sp³-hybridized carbons (Fsp3) is 0.150. The van der Waals surface area contributed by atoms with Crippen LogP contribution in [-0.2, 0) is 0 Å². The van der Waals surface area contributed by atoms with Crippen LogP contribution in [0.4, 0.5) is 11.6 Å². The second-order valence-corrected chi connectivity index (χ2v) is 5.65. The van der Waals surface area contributed by atoms with Crippen molar-refractivity contribution >= 4 is 17.5 Å². The maximum atomic E-state index is 11.7. The number of anilines is 2. The summed E-state index contributed by atoms with van der Waals surface area (Å²) in [6.07, 6.45) is 0. The molecule has 0 aliphatic rings. The van der Waals surface area contributed by atoms with Crippen LogP contribution in [0.1, 0.15) is 17.4 Å². The Bertz CT molecular complexity index is 895. The smallest absolute Gasteiger partial charge is 0.267 e. The van der Waals surface area contributed by atoms with Crippen LogP contribution >= 0.6 is 0 Å². The normalized spacial score (nSPS) is 10.4. The molecule has 0 bridgehead atoms. The van der Waals surface area contributed by atoms with Gasteiger partial charge in [0.25, 0.3) is 5.91 Å². The topological polar surface area (TPSA) is 81.3 Å². The zero-order valence-corrected chi connectivity index (χ0v) is 14.7. The van der Waals surface area contributed by atoms with Crippen molar-refractivity contribution in [1.29, 1.82) is 0 Å². The van der Waals surface area contributed by atoms with Crippen LogP contribution in [0.2, 0.25) is 0 Å². The Balaban J connectivity index is 2.00. The number of aromatic nitrogens is 2. The minimum Gasteiger partial charge on any atom is -0.494 e. The quantitative estimate of drug-likeness (QED) is 0.738. The van der Waals surface area contributed by atoms with Crippen molar-refractivity contribution in [2.45, 2.75) is 6.92 Å². The second kappa shape index (κ2) is 7.65. The van der Waals surface area contributed by atoms with E-state index in [0.29, 0.717) is 18.2 Å². The largest absolute Gasteiger partial charge is 0.494 e. The highest BCUT2D eigenvalue weighted by Crippen LogP contribution is 2.26. The number of hydrogen-bond donors (Lipinski definition) is 1. The minimum atomic E-state index is -0.592. The number of nitrogens with two attached hydrogens (primary N) is 1. The first-order chi connectivity index (χ1) is 12.6. The third-order valence-corrected chi connectivity index (χ3v) is 3.87. The van der Waals surface area contributed by atoms with Crippen LogP contribution < -0.4 is 15.4 Å². The van der Waals surface area contributed by atoms with Gasteiger partial charge in [0.05, 0.1) is 12.3 Å². The number of hydrogen-bond acceptors (Lipinski definition) is 5. The van der Waals surface area contributed by atoms with E-state index in [4.69, 9.17) is 10.5 Å². The number of nitrogens with zero attached hydrogens (tertiary/aromatic N) is 3. The Hall–Kier alpha value is -3.41. The van der Waals surface area contributed by atoms with E-state index in [1.54, 1.807) is 11.0 Å². The van der Waals surface area contributed by atoms with E-state index >= 15 is 0 Å². The fourth-order valence-corrected chi connectivity index (χ4v) is 2.52. The highest BCUT2D eigenvalue weighted by Gasteiger charge is 2.14. The SMILES string of the molecule is CCOc1ccc(N(C)c2nc(C(N)=O)cc(-c3ccccc3)n2)cc1. The fourth-order valence-electron chi connectivity index (χ4n) is 2.52. The van der Waals surface area contributed by atoms with Crippen molar-refractivity contribution in [2.24, 2.45) is 5.73 Å². The lowest BCUT2D eigenvalue weighted by atomic mass is 10.1. The molecule has 3 aromatic rings. The molecule has 1 aromatic heterocycles. The highest BCUT2D eigenvalue weighted by molar-refractivity contribution is 5.92. The van der Waals surface area contributed by atoms with Crippen LogP contribution in [-0.4, -0.2) is 29.5 Å². The van der Waals surface area contributed by atoms with E-state index in [0.717, 1.165) is 17.0 Å². The number of carbonyl (C=O) groups is 1. The standard InChI is InChI=1S/C20H20N4O2/c1-3-26-16-11-9-15(10-12-16)24(2)20-22-17(13-18(23-20)19(21)25)14-7-5-4-6-8-14/h4-13H,3H2,1-2H3,(H2,21,25). The monoisotopic (exact) mass is 348 g/mol. The van der Waals surface area contributed by atoms with Gasteiger partial charge in [-0.25, -0.2) is 9.97 Å². The lowest BCUT2D eigenvalue weighted by Crippen LogP contribution is -2.19. The van der Waals surface area contributed by atoms with Gasteiger partial charge in [0, 0.05) is 18.3 Å². The molecule has 0 fully saturated rings. The van der Waals surface area contributed by atoms with E-state index < -0.39 is 5.91 Å². The summed E-state index contributed by atoms with van der Waals surface area (Å²) in [7, 11) is 1.84. The molecule has 2 N–H and O–H groups in total. The first-order valence-electron chi connectivity index (χ1n) is 8.29. The van der Waals surface area contributed by atoms with Crippen LogP contribution in [0.3, 0.4) is 0 Å². The average Bonchev–Trinajstić information content (AvgIpc) is 2.68. The summed E-state index contributed by atoms with van der Waals surface area (Å²) in [5.74, 6) is 0.594. The number of primary amides is 1. The number of rotatable bonds is 6. The Kier molecular flexibility index (Phi) is 5.12. The number of carbonyl (C=O) groups excluding carboxylic acids is 1. The van der Waals surface area contributed by atoms with Gasteiger partial charge in [-0.05, 0) is 37.3 Å². The third kappa shape index (κ3) is 3.80. The zero-order valence-electron chi connectivity index (χ0n) is 14.7. The Morgan fingerprint density at radius 2 is 1.77 bits per heavy atom. The number of amides is 1. The van der Waals surface area contributed by atoms with E-state index in [2.05, 4.69) is 9.97 Å². The Morgan fingerprint density at radius 1 is 1.08 bits per heavy atom. The molecule has 0 aliphatic heterocycles. The Labute approximate surface area is 152 Å². The maximum absolute atomic E-state index is 11.7. The molecular formula is C20H20N4O2. The van der Waals surface area contributed by atoms with Crippen molar-refractivity contribution in [2.75, 3.05) is 18.6 Å². The van der Waals surface area contributed by atoms with Crippen molar-refractivity contribution in [3.8, 4) is 17.0 Å². The van der Waals surface area contributed by atoms with E-state index in [9.17, 15) is 4.79 Å². The van der Waals surface area contributed by atoms with Crippen LogP contribution in [0.25, 0.3) is 11.3 Å². The van der Waals surface area contributed by atoms with Gasteiger partial charge < -0.3 is 15.4 Å². The summed E-state index contributed by atoms with van der Waals surface area (Å²) >= 11 is 0. The molecule has 6 heteroatoms. The number of benzene rings is 2.